The Kier molecular flexibility index (Phi) is 4.03. The monoisotopic (exact) mass is 206 g/mol. The molecule has 3 heteroatoms. The Hall–Kier alpha value is -1.64. The largest absolute Gasteiger partial charge is 0.469 e. The standard InChI is InChI=1S/C12H14O3/c1-9(8-11(13)15-2)12(14)10-6-4-3-5-7-10/h3-7,9H,8H2,1-2H3. The zero-order valence-corrected chi connectivity index (χ0v) is 8.90. The molecule has 3 nitrogen and oxygen atoms in total. The van der Waals surface area contributed by atoms with Crippen LogP contribution in [0.4, 0.5) is 0 Å². The van der Waals surface area contributed by atoms with E-state index in [1.165, 1.54) is 7.11 Å². The number of hydrogen-bond acceptors (Lipinski definition) is 3. The molecule has 1 aromatic carbocycles. The van der Waals surface area contributed by atoms with Crippen LogP contribution in [0.3, 0.4) is 0 Å². The van der Waals surface area contributed by atoms with E-state index in [2.05, 4.69) is 4.74 Å². The first-order chi connectivity index (χ1) is 7.15. The van der Waals surface area contributed by atoms with Crippen molar-refractivity contribution in [1.29, 1.82) is 0 Å². The normalized spacial score (nSPS) is 11.9. The Morgan fingerprint density at radius 3 is 2.40 bits per heavy atom. The number of ether oxygens (including phenoxy) is 1. The third-order valence-corrected chi connectivity index (χ3v) is 2.21. The number of ketones is 1. The first kappa shape index (κ1) is 11.4. The summed E-state index contributed by atoms with van der Waals surface area (Å²) in [6, 6.07) is 8.95. The zero-order chi connectivity index (χ0) is 11.3. The Morgan fingerprint density at radius 2 is 1.87 bits per heavy atom. The molecule has 0 bridgehead atoms. The second-order valence-corrected chi connectivity index (χ2v) is 3.41. The molecule has 0 aliphatic rings. The van der Waals surface area contributed by atoms with Gasteiger partial charge in [0.05, 0.1) is 13.5 Å². The van der Waals surface area contributed by atoms with E-state index < -0.39 is 0 Å². The van der Waals surface area contributed by atoms with Gasteiger partial charge in [-0.05, 0) is 0 Å². The van der Waals surface area contributed by atoms with E-state index in [0.29, 0.717) is 5.56 Å². The third kappa shape index (κ3) is 3.20. The highest BCUT2D eigenvalue weighted by molar-refractivity contribution is 5.99. The number of carbonyl (C=O) groups is 2. The number of benzene rings is 1. The Bertz CT molecular complexity index is 343. The minimum Gasteiger partial charge on any atom is -0.469 e. The van der Waals surface area contributed by atoms with Crippen molar-refractivity contribution in [1.82, 2.24) is 0 Å². The number of esters is 1. The maximum atomic E-state index is 11.8. The Balaban J connectivity index is 2.65. The molecule has 15 heavy (non-hydrogen) atoms. The van der Waals surface area contributed by atoms with Gasteiger partial charge in [0.1, 0.15) is 0 Å². The fraction of sp³-hybridized carbons (Fsp3) is 0.333. The maximum absolute atomic E-state index is 11.8. The van der Waals surface area contributed by atoms with Crippen LogP contribution in [-0.2, 0) is 9.53 Å². The number of methoxy groups -OCH3 is 1. The second-order valence-electron chi connectivity index (χ2n) is 3.41. The van der Waals surface area contributed by atoms with Crippen LogP contribution in [0.2, 0.25) is 0 Å². The molecule has 0 N–H and O–H groups in total. The quantitative estimate of drug-likeness (QED) is 0.559. The molecule has 0 spiro atoms. The first-order valence-electron chi connectivity index (χ1n) is 4.81. The van der Waals surface area contributed by atoms with Gasteiger partial charge in [-0.3, -0.25) is 9.59 Å². The van der Waals surface area contributed by atoms with Crippen molar-refractivity contribution in [3.8, 4) is 0 Å². The van der Waals surface area contributed by atoms with Crippen LogP contribution in [0.15, 0.2) is 30.3 Å². The van der Waals surface area contributed by atoms with Crippen molar-refractivity contribution < 1.29 is 14.3 Å². The van der Waals surface area contributed by atoms with Crippen LogP contribution in [0, 0.1) is 5.92 Å². The summed E-state index contributed by atoms with van der Waals surface area (Å²) in [5.74, 6) is -0.715. The Labute approximate surface area is 89.1 Å². The highest BCUT2D eigenvalue weighted by Crippen LogP contribution is 2.12. The average molecular weight is 206 g/mol. The molecule has 0 radical (unpaired) electrons. The molecule has 1 aromatic rings. The van der Waals surface area contributed by atoms with E-state index in [0.717, 1.165) is 0 Å². The number of Topliss-reactive ketones (excluding diaryl/α,β-unsaturated/α-hetero) is 1. The highest BCUT2D eigenvalue weighted by Gasteiger charge is 2.18. The van der Waals surface area contributed by atoms with Gasteiger partial charge in [-0.25, -0.2) is 0 Å². The predicted octanol–water partition coefficient (Wildman–Crippen LogP) is 2.07. The molecule has 0 aliphatic carbocycles. The van der Waals surface area contributed by atoms with Crippen molar-refractivity contribution in [3.63, 3.8) is 0 Å². The second kappa shape index (κ2) is 5.29. The molecule has 1 rings (SSSR count). The minimum atomic E-state index is -0.355. The lowest BCUT2D eigenvalue weighted by atomic mass is 9.97. The van der Waals surface area contributed by atoms with E-state index in [1.54, 1.807) is 31.2 Å². The fourth-order valence-electron chi connectivity index (χ4n) is 1.31. The molecule has 1 atom stereocenters. The summed E-state index contributed by atoms with van der Waals surface area (Å²) < 4.78 is 4.52. The van der Waals surface area contributed by atoms with Gasteiger partial charge >= 0.3 is 5.97 Å². The van der Waals surface area contributed by atoms with Crippen molar-refractivity contribution in [3.05, 3.63) is 35.9 Å². The fourth-order valence-corrected chi connectivity index (χ4v) is 1.31. The topological polar surface area (TPSA) is 43.4 Å². The van der Waals surface area contributed by atoms with Gasteiger partial charge in [-0.2, -0.15) is 0 Å². The predicted molar refractivity (Wildman–Crippen MR) is 56.6 cm³/mol. The number of hydrogen-bond donors (Lipinski definition) is 0. The molecule has 0 saturated carbocycles. The van der Waals surface area contributed by atoms with E-state index in [9.17, 15) is 9.59 Å². The van der Waals surface area contributed by atoms with E-state index in [-0.39, 0.29) is 24.1 Å². The summed E-state index contributed by atoms with van der Waals surface area (Å²) in [6.07, 6.45) is 0.129. The molecule has 0 fully saturated rings. The molecular formula is C12H14O3. The number of rotatable bonds is 4. The molecule has 0 aromatic heterocycles. The molecular weight excluding hydrogens is 192 g/mol. The molecule has 0 amide bonds. The first-order valence-corrected chi connectivity index (χ1v) is 4.81. The SMILES string of the molecule is COC(=O)CC(C)C(=O)c1ccccc1. The van der Waals surface area contributed by atoms with Crippen LogP contribution in [0.1, 0.15) is 23.7 Å². The molecule has 80 valence electrons. The van der Waals surface area contributed by atoms with Gasteiger partial charge in [0.25, 0.3) is 0 Å². The van der Waals surface area contributed by atoms with Gasteiger partial charge in [0.15, 0.2) is 5.78 Å². The van der Waals surface area contributed by atoms with Crippen molar-refractivity contribution >= 4 is 11.8 Å². The van der Waals surface area contributed by atoms with Gasteiger partial charge in [-0.15, -0.1) is 0 Å². The number of carbonyl (C=O) groups excluding carboxylic acids is 2. The molecule has 0 aliphatic heterocycles. The van der Waals surface area contributed by atoms with E-state index in [1.807, 2.05) is 6.07 Å². The van der Waals surface area contributed by atoms with Crippen LogP contribution in [0.5, 0.6) is 0 Å². The van der Waals surface area contributed by atoms with Gasteiger partial charge in [0.2, 0.25) is 0 Å². The lowest BCUT2D eigenvalue weighted by Gasteiger charge is -2.08. The van der Waals surface area contributed by atoms with E-state index in [4.69, 9.17) is 0 Å². The maximum Gasteiger partial charge on any atom is 0.306 e. The summed E-state index contributed by atoms with van der Waals surface area (Å²) in [6.45, 7) is 1.73. The smallest absolute Gasteiger partial charge is 0.306 e. The van der Waals surface area contributed by atoms with Crippen LogP contribution in [0.25, 0.3) is 0 Å². The summed E-state index contributed by atoms with van der Waals surface area (Å²) in [5, 5.41) is 0. The van der Waals surface area contributed by atoms with Crippen LogP contribution in [-0.4, -0.2) is 18.9 Å². The molecule has 0 heterocycles. The lowest BCUT2D eigenvalue weighted by molar-refractivity contribution is -0.141. The average Bonchev–Trinajstić information content (AvgIpc) is 2.29. The van der Waals surface area contributed by atoms with Crippen LogP contribution < -0.4 is 0 Å². The van der Waals surface area contributed by atoms with Gasteiger partial charge in [0, 0.05) is 11.5 Å². The minimum absolute atomic E-state index is 0.0269. The zero-order valence-electron chi connectivity index (χ0n) is 8.90. The lowest BCUT2D eigenvalue weighted by Crippen LogP contribution is -2.16. The van der Waals surface area contributed by atoms with Crippen molar-refractivity contribution in [2.75, 3.05) is 7.11 Å². The van der Waals surface area contributed by atoms with Crippen molar-refractivity contribution in [2.24, 2.45) is 5.92 Å². The van der Waals surface area contributed by atoms with E-state index >= 15 is 0 Å². The molecule has 0 saturated heterocycles. The summed E-state index contributed by atoms with van der Waals surface area (Å²) >= 11 is 0. The molecule has 1 unspecified atom stereocenters. The summed E-state index contributed by atoms with van der Waals surface area (Å²) in [4.78, 5) is 22.8. The van der Waals surface area contributed by atoms with Crippen LogP contribution >= 0.6 is 0 Å². The van der Waals surface area contributed by atoms with Crippen molar-refractivity contribution in [2.45, 2.75) is 13.3 Å². The highest BCUT2D eigenvalue weighted by atomic mass is 16.5. The third-order valence-electron chi connectivity index (χ3n) is 2.21. The Morgan fingerprint density at radius 1 is 1.27 bits per heavy atom. The van der Waals surface area contributed by atoms with Gasteiger partial charge < -0.3 is 4.74 Å². The van der Waals surface area contributed by atoms with Gasteiger partial charge in [-0.1, -0.05) is 37.3 Å². The summed E-state index contributed by atoms with van der Waals surface area (Å²) in [7, 11) is 1.32. The summed E-state index contributed by atoms with van der Waals surface area (Å²) in [5.41, 5.74) is 0.633.